The molecule has 6 saturated heterocycles. The molecule has 0 bridgehead atoms. The maximum atomic E-state index is 12.9. The number of nitrogens with one attached hydrogen (secondary N) is 3. The van der Waals surface area contributed by atoms with E-state index >= 15 is 0 Å². The second kappa shape index (κ2) is 51.2. The van der Waals surface area contributed by atoms with E-state index < -0.39 is 0 Å². The van der Waals surface area contributed by atoms with E-state index in [1.165, 1.54) is 67.2 Å². The van der Waals surface area contributed by atoms with Crippen LogP contribution in [0.1, 0.15) is 235 Å². The van der Waals surface area contributed by atoms with Gasteiger partial charge in [0.25, 0.3) is 0 Å². The molecule has 147 heavy (non-hydrogen) atoms. The summed E-state index contributed by atoms with van der Waals surface area (Å²) in [5.41, 5.74) is 47.0. The van der Waals surface area contributed by atoms with Crippen LogP contribution in [0.2, 0.25) is 0 Å². The molecule has 6 atom stereocenters. The van der Waals surface area contributed by atoms with Gasteiger partial charge in [0, 0.05) is 152 Å². The number of hydrogen-bond donors (Lipinski definition) is 9. The van der Waals surface area contributed by atoms with Crippen molar-refractivity contribution in [1.29, 1.82) is 0 Å². The van der Waals surface area contributed by atoms with Crippen molar-refractivity contribution in [2.45, 2.75) is 176 Å². The highest BCUT2D eigenvalue weighted by molar-refractivity contribution is 6.14. The molecule has 1 aromatic carbocycles. The smallest absolute Gasteiger partial charge is 0.215 e. The Morgan fingerprint density at radius 1 is 0.395 bits per heavy atom. The third kappa shape index (κ3) is 27.3. The first kappa shape index (κ1) is 107. The Balaban J connectivity index is 0.000000140. The number of aromatic nitrogens is 12. The van der Waals surface area contributed by atoms with E-state index in [-0.39, 0.29) is 69.6 Å². The van der Waals surface area contributed by atoms with Gasteiger partial charge in [0.2, 0.25) is 34.7 Å². The minimum atomic E-state index is -0.228. The number of hydrogen-bond acceptors (Lipinski definition) is 33. The lowest BCUT2D eigenvalue weighted by Crippen LogP contribution is -2.52. The summed E-state index contributed by atoms with van der Waals surface area (Å²) in [6, 6.07) is 57.1. The molecule has 764 valence electrons. The zero-order valence-corrected chi connectivity index (χ0v) is 85.8. The molecule has 18 heterocycles. The molecule has 12 aromatic heterocycles. The number of pyridine rings is 12. The van der Waals surface area contributed by atoms with E-state index in [4.69, 9.17) is 34.4 Å². The first-order chi connectivity index (χ1) is 71.0. The Morgan fingerprint density at radius 2 is 0.810 bits per heavy atom. The van der Waals surface area contributed by atoms with Crippen molar-refractivity contribution in [1.82, 2.24) is 75.8 Å². The van der Waals surface area contributed by atoms with E-state index in [1.54, 1.807) is 146 Å². The summed E-state index contributed by atoms with van der Waals surface area (Å²) in [6.07, 6.45) is 23.9. The number of aryl methyl sites for hydroxylation is 4. The van der Waals surface area contributed by atoms with E-state index in [9.17, 15) is 28.8 Å². The number of nitrogen functional groups attached to an aromatic ring is 6. The molecule has 0 spiro atoms. The van der Waals surface area contributed by atoms with Crippen molar-refractivity contribution in [3.8, 4) is 0 Å². The largest absolute Gasteiger partial charge is 0.383 e. The van der Waals surface area contributed by atoms with Gasteiger partial charge in [-0.15, -0.1) is 0 Å². The predicted molar refractivity (Wildman–Crippen MR) is 586 cm³/mol. The van der Waals surface area contributed by atoms with Crippen LogP contribution in [0.15, 0.2) is 226 Å². The summed E-state index contributed by atoms with van der Waals surface area (Å²) < 4.78 is 0. The molecule has 19 rings (SSSR count). The number of piperazine rings is 3. The second-order valence-corrected chi connectivity index (χ2v) is 38.3. The van der Waals surface area contributed by atoms with Crippen molar-refractivity contribution in [2.24, 2.45) is 5.92 Å². The predicted octanol–water partition coefficient (Wildman–Crippen LogP) is 15.4. The zero-order chi connectivity index (χ0) is 104. The van der Waals surface area contributed by atoms with Crippen molar-refractivity contribution >= 4 is 111 Å². The first-order valence-electron chi connectivity index (χ1n) is 50.9. The number of carbonyl (C=O) groups excluding carboxylic acids is 6. The maximum absolute atomic E-state index is 12.9. The van der Waals surface area contributed by atoms with Gasteiger partial charge in [-0.3, -0.25) is 28.8 Å². The Morgan fingerprint density at radius 3 is 1.27 bits per heavy atom. The lowest BCUT2D eigenvalue weighted by Gasteiger charge is -2.40. The number of ketones is 6. The van der Waals surface area contributed by atoms with Crippen LogP contribution < -0.4 is 79.8 Å². The lowest BCUT2D eigenvalue weighted by molar-refractivity contribution is 0.102. The molecule has 0 amide bonds. The van der Waals surface area contributed by atoms with Gasteiger partial charge in [0.15, 0.2) is 0 Å². The van der Waals surface area contributed by atoms with Gasteiger partial charge in [-0.05, 0) is 286 Å². The highest BCUT2D eigenvalue weighted by Gasteiger charge is 2.33. The first-order valence-corrected chi connectivity index (χ1v) is 50.9. The summed E-state index contributed by atoms with van der Waals surface area (Å²) in [5, 5.41) is 10.4. The van der Waals surface area contributed by atoms with E-state index in [0.717, 1.165) is 150 Å². The topological polar surface area (TPSA) is 469 Å². The van der Waals surface area contributed by atoms with E-state index in [0.29, 0.717) is 110 Å². The Labute approximate surface area is 861 Å². The average Bonchev–Trinajstić information content (AvgIpc) is 0.800. The van der Waals surface area contributed by atoms with Crippen LogP contribution in [0.3, 0.4) is 0 Å². The summed E-state index contributed by atoms with van der Waals surface area (Å²) in [5.74, 6) is 5.89. The van der Waals surface area contributed by atoms with Gasteiger partial charge in [0.05, 0.1) is 33.4 Å². The molecule has 6 aliphatic heterocycles. The molecule has 6 aliphatic rings. The number of nitrogens with two attached hydrogens (primary N) is 6. The van der Waals surface area contributed by atoms with Crippen LogP contribution in [0.5, 0.6) is 0 Å². The third-order valence-corrected chi connectivity index (χ3v) is 27.5. The van der Waals surface area contributed by atoms with Crippen molar-refractivity contribution in [3.05, 3.63) is 327 Å². The fourth-order valence-electron chi connectivity index (χ4n) is 19.6. The zero-order valence-electron chi connectivity index (χ0n) is 85.8. The van der Waals surface area contributed by atoms with Crippen molar-refractivity contribution < 1.29 is 28.8 Å². The van der Waals surface area contributed by atoms with E-state index in [1.807, 2.05) is 73.7 Å². The normalized spacial score (nSPS) is 17.6. The molecule has 0 aliphatic carbocycles. The average molecular weight is 1980 g/mol. The molecule has 13 aromatic rings. The number of rotatable bonds is 23. The minimum absolute atomic E-state index is 0.177. The molecule has 33 heteroatoms. The second-order valence-electron chi connectivity index (χ2n) is 38.3. The quantitative estimate of drug-likeness (QED) is 0.0269. The van der Waals surface area contributed by atoms with Gasteiger partial charge >= 0.3 is 0 Å². The number of nitrogens with zero attached hydrogens (tertiary/aromatic N) is 18. The SMILES string of the molecule is C=Cc1cnc(N)c(C(=O)c2cccc(N3CCNC[C@H]3C)n2)c1.CC(C)[C@@H]1CCCCN1c1cccc(C(=O)c2cccnc2N)n1.CC[C@@H]1CNCCN1c1cccc(C(=O)c2cccnc2N)n1.C[C@@H]1CCC[C@H](C)N1c1cccc(C(=O)c2cccnc2N)n1.Cc1cc(C)c(CC2CN(c3cccc(C(=O)c4cccnc4N)n3)CCN2)c(C)c1.Cc1ccc(C(=O)c2cccnc2N)nc1N1CCCCC1. The molecule has 6 fully saturated rings. The summed E-state index contributed by atoms with van der Waals surface area (Å²) >= 11 is 0. The molecule has 0 saturated carbocycles. The number of anilines is 12. The van der Waals surface area contributed by atoms with Crippen molar-refractivity contribution in [2.75, 3.05) is 142 Å². The molecule has 0 radical (unpaired) electrons. The number of benzene rings is 1. The van der Waals surface area contributed by atoms with Crippen LogP contribution in [-0.4, -0.2) is 209 Å². The van der Waals surface area contributed by atoms with Crippen LogP contribution in [0.4, 0.5) is 69.8 Å². The lowest BCUT2D eigenvalue weighted by atomic mass is 9.93. The van der Waals surface area contributed by atoms with Crippen LogP contribution in [0.25, 0.3) is 6.08 Å². The molecule has 1 unspecified atom stereocenters. The minimum Gasteiger partial charge on any atom is -0.383 e. The van der Waals surface area contributed by atoms with Gasteiger partial charge in [-0.1, -0.05) is 87.5 Å². The Bertz CT molecular complexity index is 6740. The van der Waals surface area contributed by atoms with Gasteiger partial charge in [0.1, 0.15) is 104 Å². The van der Waals surface area contributed by atoms with Gasteiger partial charge in [-0.2, -0.15) is 0 Å². The summed E-state index contributed by atoms with van der Waals surface area (Å²) in [7, 11) is 0. The molecule has 33 nitrogen and oxygen atoms in total. The molecule has 15 N–H and O–H groups in total. The van der Waals surface area contributed by atoms with E-state index in [2.05, 4.69) is 186 Å². The van der Waals surface area contributed by atoms with Crippen LogP contribution in [0, 0.1) is 33.6 Å². The van der Waals surface area contributed by atoms with Crippen LogP contribution in [-0.2, 0) is 6.42 Å². The van der Waals surface area contributed by atoms with Gasteiger partial charge < -0.3 is 79.8 Å². The van der Waals surface area contributed by atoms with Crippen LogP contribution >= 0.6 is 0 Å². The molecular formula is C114H137N27O6. The third-order valence-electron chi connectivity index (χ3n) is 27.5. The summed E-state index contributed by atoms with van der Waals surface area (Å²) in [6.45, 7) is 36.4. The highest BCUT2D eigenvalue weighted by Crippen LogP contribution is 2.34. The number of piperidine rings is 3. The standard InChI is InChI=1S/C25H29N5O.C19H24N4O.C18H21N5O.C18H22N4O.C17H21N5O.C17H20N4O/c1-16-12-17(2)21(18(3)13-16)14-19-15-30(11-10-27-19)23-8-4-7-22(29-23)24(31)20-6-5-9-28-25(20)26;1-13(2)16-9-3-4-12-23(16)17-10-5-8-15(22-17)18(24)14-7-6-11-21-19(14)20;1-3-13-9-14(18(19)21-11-13)17(24)15-5-4-6-16(22-15)23-8-7-20-10-12(23)2;1-12-6-3-7-13(2)22(12)16-10-4-9-15(21-16)17(23)14-8-5-11-20-18(14)19;1-2-12-11-19-9-10-22(12)15-7-3-6-14(21-15)16(23)13-5-4-8-20-17(13)18;1-12-7-8-14(15(22)13-6-5-9-19-16(13)18)20-17(12)21-10-3-2-4-11-21/h4-9,12-13,19,27H,10-11,14-15H2,1-3H3,(H2,26,28);5-8,10-11,13,16H,3-4,9,12H2,1-2H3,(H2,20,21);3-6,9,11-12,20H,1,7-8,10H2,2H3,(H2,19,21);4-5,8-13H,3,6-7H2,1-2H3,(H2,19,20);3-8,12,19H,2,9-11H2,1H3,(H2,18,20);5-9H,2-4,10-11H2,1H3,(H2,18,19)/t;16-;12-;12-,13+;12-;/m.01.1./s1. The fourth-order valence-corrected chi connectivity index (χ4v) is 19.6. The highest BCUT2D eigenvalue weighted by atomic mass is 16.1. The monoisotopic (exact) mass is 1980 g/mol. The Hall–Kier alpha value is -15.7. The molecular weight excluding hydrogens is 1840 g/mol. The summed E-state index contributed by atoms with van der Waals surface area (Å²) in [4.78, 5) is 142. The van der Waals surface area contributed by atoms with Gasteiger partial charge in [-0.25, -0.2) is 59.8 Å². The number of carbonyl (C=O) groups is 6. The Kier molecular flexibility index (Phi) is 37.2. The maximum Gasteiger partial charge on any atom is 0.215 e. The fraction of sp³-hybridized carbons (Fsp3) is 0.351. The van der Waals surface area contributed by atoms with Crippen molar-refractivity contribution in [3.63, 3.8) is 0 Å².